The maximum atomic E-state index is 12.7. The first-order chi connectivity index (χ1) is 26.6. The molecule has 7 atom stereocenters. The monoisotopic (exact) mass is 906 g/mol. The Kier molecular flexibility index (Phi) is 23.2. The number of carbonyl (C=O) groups is 3. The van der Waals surface area contributed by atoms with Crippen LogP contribution >= 0.6 is 35.2 Å². The maximum absolute atomic E-state index is 12.7. The summed E-state index contributed by atoms with van der Waals surface area (Å²) in [6, 6.07) is 9.16. The van der Waals surface area contributed by atoms with Gasteiger partial charge in [-0.25, -0.2) is 28.6 Å². The minimum absolute atomic E-state index is 0. The van der Waals surface area contributed by atoms with Crippen molar-refractivity contribution in [2.45, 2.75) is 57.3 Å². The third kappa shape index (κ3) is 17.3. The molecule has 4 rings (SSSR count). The summed E-state index contributed by atoms with van der Waals surface area (Å²) in [5.74, 6) is -1.13. The maximum Gasteiger partial charge on any atom is 0.481 e. The van der Waals surface area contributed by atoms with E-state index in [1.54, 1.807) is 0 Å². The van der Waals surface area contributed by atoms with Crippen molar-refractivity contribution in [3.63, 3.8) is 0 Å². The second kappa shape index (κ2) is 24.6. The molecular formula is C29H42Li3N7O17P3S. The van der Waals surface area contributed by atoms with Crippen LogP contribution in [-0.4, -0.2) is 179 Å². The Hall–Kier alpha value is -1.43. The van der Waals surface area contributed by atoms with Gasteiger partial charge in [0.2, 0.25) is 11.8 Å². The first-order valence-corrected chi connectivity index (χ1v) is 22.2. The third-order valence-corrected chi connectivity index (χ3v) is 11.9. The summed E-state index contributed by atoms with van der Waals surface area (Å²) in [5, 5.41) is 26.3. The molecule has 24 nitrogen and oxygen atoms in total. The molecule has 0 saturated carbocycles. The van der Waals surface area contributed by atoms with E-state index in [0.29, 0.717) is 5.75 Å². The zero-order valence-electron chi connectivity index (χ0n) is 33.2. The molecule has 10 N–H and O–H groups in total. The van der Waals surface area contributed by atoms with Gasteiger partial charge in [-0.3, -0.25) is 32.5 Å². The number of hydrogen-bond donors (Lipinski definition) is 9. The predicted octanol–water partition coefficient (Wildman–Crippen LogP) is -1.23. The largest absolute Gasteiger partial charge is 0.481 e. The Morgan fingerprint density at radius 3 is 2.28 bits per heavy atom. The Morgan fingerprint density at radius 2 is 1.63 bits per heavy atom. The van der Waals surface area contributed by atoms with Gasteiger partial charge in [-0.1, -0.05) is 55.9 Å². The summed E-state index contributed by atoms with van der Waals surface area (Å²) in [6.45, 7) is 0.475. The van der Waals surface area contributed by atoms with Gasteiger partial charge in [0.1, 0.15) is 36.3 Å². The van der Waals surface area contributed by atoms with Crippen LogP contribution in [0.5, 0.6) is 0 Å². The fourth-order valence-corrected chi connectivity index (χ4v) is 8.64. The number of aliphatic hydroxyl groups excluding tert-OH is 2. The van der Waals surface area contributed by atoms with Crippen molar-refractivity contribution in [2.75, 3.05) is 37.8 Å². The average molecular weight is 906 g/mol. The van der Waals surface area contributed by atoms with E-state index in [1.165, 1.54) is 13.8 Å². The SMILES string of the molecule is CC(C)(COP(=O)(O)OP(=O)(O)OC[C@H]1O[C@@H](n2cnc3c(N)ncnc32)[C@H](O)[C@@H]1OP(=O)(O)O)[C@@H](O)C(=O)NCCC(=O)NCCSC(=O)Cc1ccccc1.[Li].[Li].[Li]. The number of carbonyl (C=O) groups excluding carboxylic acids is 3. The molecule has 319 valence electrons. The number of phosphoric acid groups is 3. The quantitative estimate of drug-likeness (QED) is 0.0343. The van der Waals surface area contributed by atoms with Crippen molar-refractivity contribution in [2.24, 2.45) is 5.41 Å². The van der Waals surface area contributed by atoms with Crippen LogP contribution in [0.1, 0.15) is 32.1 Å². The number of nitrogen functional groups attached to an aromatic ring is 1. The zero-order valence-corrected chi connectivity index (χ0v) is 36.7. The van der Waals surface area contributed by atoms with Gasteiger partial charge in [0, 0.05) is 93.7 Å². The molecule has 3 radical (unpaired) electrons. The Labute approximate surface area is 383 Å². The van der Waals surface area contributed by atoms with Crippen molar-refractivity contribution in [3.05, 3.63) is 48.5 Å². The second-order valence-corrected chi connectivity index (χ2v) is 18.3. The first-order valence-electron chi connectivity index (χ1n) is 16.7. The smallest absolute Gasteiger partial charge is 0.386 e. The van der Waals surface area contributed by atoms with Gasteiger partial charge in [0.25, 0.3) is 0 Å². The molecule has 1 aliphatic heterocycles. The molecule has 60 heavy (non-hydrogen) atoms. The van der Waals surface area contributed by atoms with Gasteiger partial charge in [0.15, 0.2) is 22.8 Å². The number of nitrogens with one attached hydrogen (secondary N) is 2. The van der Waals surface area contributed by atoms with Crippen molar-refractivity contribution >= 4 is 126 Å². The molecule has 0 spiro atoms. The van der Waals surface area contributed by atoms with E-state index in [9.17, 15) is 57.9 Å². The van der Waals surface area contributed by atoms with Gasteiger partial charge in [-0.15, -0.1) is 0 Å². The van der Waals surface area contributed by atoms with E-state index in [-0.39, 0.29) is 105 Å². The number of hydrogen-bond acceptors (Lipinski definition) is 18. The molecule has 3 aromatic rings. The number of phosphoric ester groups is 3. The van der Waals surface area contributed by atoms with Crippen molar-refractivity contribution in [3.8, 4) is 0 Å². The zero-order chi connectivity index (χ0) is 42.2. The number of fused-ring (bicyclic) bond motifs is 1. The van der Waals surface area contributed by atoms with Gasteiger partial charge in [0.05, 0.1) is 19.5 Å². The Balaban J connectivity index is 0.00000600. The average Bonchev–Trinajstić information content (AvgIpc) is 3.68. The number of anilines is 1. The standard InChI is InChI=1S/C29H42N7O17P3S.3Li/c1-29(2,24(40)27(41)32-9-8-19(37)31-10-11-57-20(38)12-17-6-4-3-5-7-17)14-50-56(47,48)53-55(45,46)49-13-18-23(52-54(42,43)44)22(39)28(51-18)36-16-35-21-25(30)33-15-34-26(21)36;;;/h3-7,15-16,18,22-24,28,39-40H,8-14H2,1-2H3,(H,31,37)(H,32,41)(H,45,46)(H,47,48)(H2,30,33,34)(H2,42,43,44);;;/t18-,22-,23-,24+,28-;;;/m1.../s1. The summed E-state index contributed by atoms with van der Waals surface area (Å²) in [4.78, 5) is 87.7. The van der Waals surface area contributed by atoms with Crippen molar-refractivity contribution in [1.29, 1.82) is 0 Å². The van der Waals surface area contributed by atoms with Crippen LogP contribution in [-0.2, 0) is 57.1 Å². The summed E-state index contributed by atoms with van der Waals surface area (Å²) >= 11 is 1.07. The van der Waals surface area contributed by atoms with Gasteiger partial charge in [-0.05, 0) is 5.56 Å². The minimum Gasteiger partial charge on any atom is -0.386 e. The minimum atomic E-state index is -5.57. The number of benzene rings is 1. The fourth-order valence-electron chi connectivity index (χ4n) is 5.11. The number of rotatable bonds is 21. The third-order valence-electron chi connectivity index (χ3n) is 7.96. The van der Waals surface area contributed by atoms with Crippen molar-refractivity contribution < 1.29 is 80.5 Å². The Morgan fingerprint density at radius 1 is 0.983 bits per heavy atom. The van der Waals surface area contributed by atoms with Crippen LogP contribution in [0.3, 0.4) is 0 Å². The number of thioether (sulfide) groups is 1. The topological polar surface area (TPSA) is 364 Å². The molecule has 2 aromatic heterocycles. The van der Waals surface area contributed by atoms with Crippen LogP contribution in [0.2, 0.25) is 0 Å². The Bertz CT molecular complexity index is 2040. The van der Waals surface area contributed by atoms with Gasteiger partial charge >= 0.3 is 23.5 Å². The first kappa shape index (κ1) is 56.6. The number of imidazole rings is 1. The van der Waals surface area contributed by atoms with E-state index in [4.69, 9.17) is 19.5 Å². The molecule has 1 aliphatic rings. The van der Waals surface area contributed by atoms with Crippen LogP contribution in [0.4, 0.5) is 5.82 Å². The van der Waals surface area contributed by atoms with Crippen molar-refractivity contribution in [1.82, 2.24) is 30.2 Å². The van der Waals surface area contributed by atoms with E-state index >= 15 is 0 Å². The van der Waals surface area contributed by atoms with E-state index in [0.717, 1.165) is 34.5 Å². The van der Waals surface area contributed by atoms with Crippen LogP contribution in [0.25, 0.3) is 11.2 Å². The fraction of sp³-hybridized carbons (Fsp3) is 0.517. The summed E-state index contributed by atoms with van der Waals surface area (Å²) in [7, 11) is -16.4. The number of aliphatic hydroxyl groups is 2. The summed E-state index contributed by atoms with van der Waals surface area (Å²) in [5.41, 5.74) is 5.13. The summed E-state index contributed by atoms with van der Waals surface area (Å²) < 4.78 is 62.1. The molecule has 3 heterocycles. The van der Waals surface area contributed by atoms with Crippen LogP contribution in [0.15, 0.2) is 43.0 Å². The van der Waals surface area contributed by atoms with E-state index < -0.39 is 84.6 Å². The molecule has 2 unspecified atom stereocenters. The van der Waals surface area contributed by atoms with Crippen LogP contribution in [0, 0.1) is 5.41 Å². The second-order valence-electron chi connectivity index (χ2n) is 13.0. The van der Waals surface area contributed by atoms with E-state index in [1.807, 2.05) is 30.3 Å². The van der Waals surface area contributed by atoms with E-state index in [2.05, 4.69) is 34.4 Å². The van der Waals surface area contributed by atoms with Gasteiger partial charge < -0.3 is 50.9 Å². The molecule has 1 aromatic carbocycles. The normalized spacial score (nSPS) is 20.3. The summed E-state index contributed by atoms with van der Waals surface area (Å²) in [6.07, 6.45) is -6.68. The molecule has 0 bridgehead atoms. The van der Waals surface area contributed by atoms with Crippen LogP contribution < -0.4 is 16.4 Å². The molecule has 0 aliphatic carbocycles. The molecule has 31 heteroatoms. The predicted molar refractivity (Wildman–Crippen MR) is 215 cm³/mol. The number of ether oxygens (including phenoxy) is 1. The molecule has 2 amide bonds. The number of nitrogens with zero attached hydrogens (tertiary/aromatic N) is 4. The number of amides is 2. The number of nitrogens with two attached hydrogens (primary N) is 1. The number of aromatic nitrogens is 4. The van der Waals surface area contributed by atoms with Gasteiger partial charge in [-0.2, -0.15) is 4.31 Å². The molecule has 1 fully saturated rings. The molecular weight excluding hydrogens is 864 g/mol. The molecule has 1 saturated heterocycles.